The van der Waals surface area contributed by atoms with Crippen LogP contribution >= 0.6 is 11.3 Å². The molecule has 0 atom stereocenters. The third kappa shape index (κ3) is 4.02. The second kappa shape index (κ2) is 7.00. The Hall–Kier alpha value is -0.470. The van der Waals surface area contributed by atoms with Crippen LogP contribution in [0.4, 0.5) is 0 Å². The molecule has 20 heavy (non-hydrogen) atoms. The minimum atomic E-state index is -3.38. The fourth-order valence-corrected chi connectivity index (χ4v) is 4.63. The zero-order valence-electron chi connectivity index (χ0n) is 11.9. The smallest absolute Gasteiger partial charge is 0.241 e. The molecule has 0 bridgehead atoms. The maximum atomic E-state index is 12.2. The van der Waals surface area contributed by atoms with E-state index in [1.54, 1.807) is 18.6 Å². The van der Waals surface area contributed by atoms with Gasteiger partial charge in [-0.05, 0) is 31.9 Å². The Bertz CT molecular complexity index is 521. The molecule has 0 spiro atoms. The van der Waals surface area contributed by atoms with Gasteiger partial charge in [0.15, 0.2) is 0 Å². The molecule has 2 rings (SSSR count). The number of rotatable bonds is 8. The van der Waals surface area contributed by atoms with Gasteiger partial charge in [0.25, 0.3) is 0 Å². The fourth-order valence-electron chi connectivity index (χ4n) is 2.12. The van der Waals surface area contributed by atoms with Crippen LogP contribution in [0.1, 0.15) is 31.1 Å². The van der Waals surface area contributed by atoms with Gasteiger partial charge in [-0.15, -0.1) is 11.3 Å². The Morgan fingerprint density at radius 2 is 2.20 bits per heavy atom. The van der Waals surface area contributed by atoms with E-state index in [0.717, 1.165) is 37.2 Å². The summed E-state index contributed by atoms with van der Waals surface area (Å²) in [4.78, 5) is 1.42. The molecule has 0 saturated heterocycles. The average molecular weight is 318 g/mol. The Balaban J connectivity index is 1.89. The monoisotopic (exact) mass is 318 g/mol. The summed E-state index contributed by atoms with van der Waals surface area (Å²) in [6.45, 7) is 3.77. The van der Waals surface area contributed by atoms with Gasteiger partial charge in [0.2, 0.25) is 10.0 Å². The van der Waals surface area contributed by atoms with Gasteiger partial charge < -0.3 is 10.1 Å². The topological polar surface area (TPSA) is 67.4 Å². The molecule has 0 radical (unpaired) electrons. The molecular weight excluding hydrogens is 296 g/mol. The minimum Gasteiger partial charge on any atom is -0.381 e. The number of methoxy groups -OCH3 is 1. The lowest BCUT2D eigenvalue weighted by molar-refractivity contribution is 0.0236. The molecule has 0 aliphatic heterocycles. The molecule has 2 N–H and O–H groups in total. The van der Waals surface area contributed by atoms with E-state index in [4.69, 9.17) is 4.74 Å². The first-order valence-corrected chi connectivity index (χ1v) is 9.24. The number of sulfonamides is 1. The first-order chi connectivity index (χ1) is 9.55. The summed E-state index contributed by atoms with van der Waals surface area (Å²) in [5.41, 5.74) is 0. The van der Waals surface area contributed by atoms with Crippen molar-refractivity contribution in [2.75, 3.05) is 13.7 Å². The number of hydrogen-bond donors (Lipinski definition) is 2. The second-order valence-corrected chi connectivity index (χ2v) is 7.78. The SMILES string of the molecule is CCCNCc1cc(S(=O)(=O)NC2CC(OC)C2)cs1. The Morgan fingerprint density at radius 3 is 2.85 bits per heavy atom. The zero-order valence-corrected chi connectivity index (χ0v) is 13.5. The molecule has 1 fully saturated rings. The van der Waals surface area contributed by atoms with Crippen molar-refractivity contribution in [2.24, 2.45) is 0 Å². The summed E-state index contributed by atoms with van der Waals surface area (Å²) >= 11 is 1.48. The van der Waals surface area contributed by atoms with Crippen LogP contribution in [0.2, 0.25) is 0 Å². The highest BCUT2D eigenvalue weighted by atomic mass is 32.2. The molecule has 114 valence electrons. The van der Waals surface area contributed by atoms with E-state index in [1.165, 1.54) is 11.3 Å². The van der Waals surface area contributed by atoms with Gasteiger partial charge in [0.1, 0.15) is 0 Å². The van der Waals surface area contributed by atoms with E-state index in [1.807, 2.05) is 0 Å². The molecular formula is C13H22N2O3S2. The van der Waals surface area contributed by atoms with Crippen LogP contribution in [0.25, 0.3) is 0 Å². The van der Waals surface area contributed by atoms with E-state index < -0.39 is 10.0 Å². The third-order valence-electron chi connectivity index (χ3n) is 3.42. The van der Waals surface area contributed by atoms with Crippen LogP contribution in [0, 0.1) is 0 Å². The van der Waals surface area contributed by atoms with Crippen molar-refractivity contribution in [1.82, 2.24) is 10.0 Å². The number of hydrogen-bond acceptors (Lipinski definition) is 5. The third-order valence-corrected chi connectivity index (χ3v) is 6.00. The van der Waals surface area contributed by atoms with Crippen LogP contribution in [0.3, 0.4) is 0 Å². The first kappa shape index (κ1) is 15.9. The van der Waals surface area contributed by atoms with Crippen molar-refractivity contribution in [3.63, 3.8) is 0 Å². The van der Waals surface area contributed by atoms with E-state index in [2.05, 4.69) is 17.0 Å². The van der Waals surface area contributed by atoms with Crippen molar-refractivity contribution in [3.05, 3.63) is 16.3 Å². The Morgan fingerprint density at radius 1 is 1.45 bits per heavy atom. The van der Waals surface area contributed by atoms with Crippen LogP contribution in [0.5, 0.6) is 0 Å². The Labute approximate surface area is 124 Å². The predicted octanol–water partition coefficient (Wildman–Crippen LogP) is 1.70. The molecule has 1 aromatic heterocycles. The molecule has 1 saturated carbocycles. The lowest BCUT2D eigenvalue weighted by Gasteiger charge is -2.34. The van der Waals surface area contributed by atoms with Gasteiger partial charge in [-0.3, -0.25) is 0 Å². The predicted molar refractivity (Wildman–Crippen MR) is 80.5 cm³/mol. The molecule has 0 amide bonds. The number of nitrogens with one attached hydrogen (secondary N) is 2. The quantitative estimate of drug-likeness (QED) is 0.716. The Kier molecular flexibility index (Phi) is 5.57. The molecule has 1 aliphatic rings. The second-order valence-electron chi connectivity index (χ2n) is 5.07. The standard InChI is InChI=1S/C13H22N2O3S2/c1-3-4-14-8-12-7-13(9-19-12)20(16,17)15-10-5-11(6-10)18-2/h7,9-11,14-15H,3-6,8H2,1-2H3. The van der Waals surface area contributed by atoms with Crippen molar-refractivity contribution < 1.29 is 13.2 Å². The van der Waals surface area contributed by atoms with Gasteiger partial charge in [0.05, 0.1) is 11.0 Å². The first-order valence-electron chi connectivity index (χ1n) is 6.88. The van der Waals surface area contributed by atoms with Crippen LogP contribution in [-0.4, -0.2) is 34.2 Å². The lowest BCUT2D eigenvalue weighted by Crippen LogP contribution is -2.47. The molecule has 1 aromatic rings. The zero-order chi connectivity index (χ0) is 14.6. The van der Waals surface area contributed by atoms with Crippen molar-refractivity contribution in [1.29, 1.82) is 0 Å². The van der Waals surface area contributed by atoms with Gasteiger partial charge in [-0.2, -0.15) is 0 Å². The summed E-state index contributed by atoms with van der Waals surface area (Å²) in [5.74, 6) is 0. The van der Waals surface area contributed by atoms with Crippen LogP contribution in [0.15, 0.2) is 16.3 Å². The van der Waals surface area contributed by atoms with E-state index >= 15 is 0 Å². The van der Waals surface area contributed by atoms with Crippen molar-refractivity contribution in [3.8, 4) is 0 Å². The normalized spacial score (nSPS) is 22.7. The highest BCUT2D eigenvalue weighted by Crippen LogP contribution is 2.26. The lowest BCUT2D eigenvalue weighted by atomic mass is 9.90. The summed E-state index contributed by atoms with van der Waals surface area (Å²) in [5, 5.41) is 4.98. The summed E-state index contributed by atoms with van der Waals surface area (Å²) in [6.07, 6.45) is 2.77. The minimum absolute atomic E-state index is 0.00603. The van der Waals surface area contributed by atoms with Crippen LogP contribution in [-0.2, 0) is 21.3 Å². The van der Waals surface area contributed by atoms with E-state index in [0.29, 0.717) is 4.90 Å². The molecule has 5 nitrogen and oxygen atoms in total. The van der Waals surface area contributed by atoms with Crippen molar-refractivity contribution >= 4 is 21.4 Å². The van der Waals surface area contributed by atoms with Gasteiger partial charge in [0, 0.05) is 30.0 Å². The average Bonchev–Trinajstić information content (AvgIpc) is 2.83. The highest BCUT2D eigenvalue weighted by Gasteiger charge is 2.32. The summed E-state index contributed by atoms with van der Waals surface area (Å²) in [6, 6.07) is 1.76. The van der Waals surface area contributed by atoms with Crippen LogP contribution < -0.4 is 10.0 Å². The van der Waals surface area contributed by atoms with E-state index in [9.17, 15) is 8.42 Å². The molecule has 1 aliphatic carbocycles. The number of ether oxygens (including phenoxy) is 1. The maximum Gasteiger partial charge on any atom is 0.241 e. The summed E-state index contributed by atoms with van der Waals surface area (Å²) < 4.78 is 32.3. The van der Waals surface area contributed by atoms with Gasteiger partial charge in [-0.25, -0.2) is 13.1 Å². The molecule has 7 heteroatoms. The number of thiophene rings is 1. The van der Waals surface area contributed by atoms with Crippen molar-refractivity contribution in [2.45, 2.75) is 49.8 Å². The molecule has 0 unspecified atom stereocenters. The largest absolute Gasteiger partial charge is 0.381 e. The molecule has 1 heterocycles. The maximum absolute atomic E-state index is 12.2. The van der Waals surface area contributed by atoms with Gasteiger partial charge >= 0.3 is 0 Å². The molecule has 0 aromatic carbocycles. The van der Waals surface area contributed by atoms with Gasteiger partial charge in [-0.1, -0.05) is 6.92 Å². The van der Waals surface area contributed by atoms with E-state index in [-0.39, 0.29) is 12.1 Å². The highest BCUT2D eigenvalue weighted by molar-refractivity contribution is 7.89. The summed E-state index contributed by atoms with van der Waals surface area (Å²) in [7, 11) is -1.73. The fraction of sp³-hybridized carbons (Fsp3) is 0.692.